The highest BCUT2D eigenvalue weighted by molar-refractivity contribution is 8.18. The first-order valence-corrected chi connectivity index (χ1v) is 10.9. The molecule has 2 heterocycles. The molecule has 1 aliphatic rings. The van der Waals surface area contributed by atoms with Crippen LogP contribution in [0.3, 0.4) is 0 Å². The average molecular weight is 443 g/mol. The van der Waals surface area contributed by atoms with Crippen molar-refractivity contribution in [2.24, 2.45) is 0 Å². The van der Waals surface area contributed by atoms with Gasteiger partial charge in [0.05, 0.1) is 11.4 Å². The molecule has 1 aliphatic heterocycles. The van der Waals surface area contributed by atoms with Crippen LogP contribution in [0.15, 0.2) is 53.6 Å². The van der Waals surface area contributed by atoms with Crippen molar-refractivity contribution in [3.8, 4) is 0 Å². The minimum atomic E-state index is -0.362. The van der Waals surface area contributed by atoms with Gasteiger partial charge in [-0.25, -0.2) is 4.39 Å². The largest absolute Gasteiger partial charge is 0.342 e. The number of hydrogen-bond acceptors (Lipinski definition) is 3. The highest BCUT2D eigenvalue weighted by atomic mass is 35.5. The van der Waals surface area contributed by atoms with Gasteiger partial charge in [-0.05, 0) is 42.5 Å². The zero-order valence-corrected chi connectivity index (χ0v) is 18.0. The summed E-state index contributed by atoms with van der Waals surface area (Å²) < 4.78 is 16.2. The van der Waals surface area contributed by atoms with Crippen LogP contribution in [0.2, 0.25) is 5.02 Å². The lowest BCUT2D eigenvalue weighted by Crippen LogP contribution is -2.29. The average Bonchev–Trinajstić information content (AvgIpc) is 3.21. The number of aromatic nitrogens is 1. The number of unbranched alkanes of at least 4 members (excludes halogenated alkanes) is 1. The third-order valence-electron chi connectivity index (χ3n) is 5.11. The number of imide groups is 1. The van der Waals surface area contributed by atoms with Gasteiger partial charge in [0.2, 0.25) is 0 Å². The fourth-order valence-corrected chi connectivity index (χ4v) is 4.60. The number of carbonyl (C=O) groups is 2. The lowest BCUT2D eigenvalue weighted by molar-refractivity contribution is -0.122. The Kier molecular flexibility index (Phi) is 5.97. The normalized spacial score (nSPS) is 15.7. The molecule has 2 amide bonds. The summed E-state index contributed by atoms with van der Waals surface area (Å²) in [5, 5.41) is 1.05. The van der Waals surface area contributed by atoms with Gasteiger partial charge < -0.3 is 4.57 Å². The summed E-state index contributed by atoms with van der Waals surface area (Å²) in [6, 6.07) is 12.3. The maximum Gasteiger partial charge on any atom is 0.293 e. The second kappa shape index (κ2) is 8.66. The van der Waals surface area contributed by atoms with Gasteiger partial charge in [-0.2, -0.15) is 0 Å². The summed E-state index contributed by atoms with van der Waals surface area (Å²) in [4.78, 5) is 26.6. The second-order valence-electron chi connectivity index (χ2n) is 7.12. The highest BCUT2D eigenvalue weighted by Crippen LogP contribution is 2.34. The highest BCUT2D eigenvalue weighted by Gasteiger charge is 2.34. The van der Waals surface area contributed by atoms with Crippen LogP contribution in [0, 0.1) is 5.82 Å². The van der Waals surface area contributed by atoms with Gasteiger partial charge in [0.25, 0.3) is 11.1 Å². The molecule has 30 heavy (non-hydrogen) atoms. The molecule has 7 heteroatoms. The standard InChI is InChI=1S/C23H20ClFN2O2S/c1-2-3-11-27-22(28)21(30-23(27)29)12-15-13-26(20-10-5-4-7-16(15)20)14-17-18(24)8-6-9-19(17)25/h4-10,12-13H,2-3,11,14H2,1H3/b21-12-. The fraction of sp³-hybridized carbons (Fsp3) is 0.217. The van der Waals surface area contributed by atoms with Crippen LogP contribution < -0.4 is 0 Å². The van der Waals surface area contributed by atoms with Crippen molar-refractivity contribution < 1.29 is 14.0 Å². The van der Waals surface area contributed by atoms with Crippen molar-refractivity contribution in [2.45, 2.75) is 26.3 Å². The number of rotatable bonds is 6. The summed E-state index contributed by atoms with van der Waals surface area (Å²) in [5.74, 6) is -0.619. The summed E-state index contributed by atoms with van der Waals surface area (Å²) in [6.07, 6.45) is 5.31. The quantitative estimate of drug-likeness (QED) is 0.419. The molecular formula is C23H20ClFN2O2S. The molecule has 2 aromatic carbocycles. The molecule has 0 aliphatic carbocycles. The SMILES string of the molecule is CCCCN1C(=O)S/C(=C\c2cn(Cc3c(F)cccc3Cl)c3ccccc23)C1=O. The molecule has 1 saturated heterocycles. The van der Waals surface area contributed by atoms with E-state index in [4.69, 9.17) is 11.6 Å². The zero-order valence-electron chi connectivity index (χ0n) is 16.4. The van der Waals surface area contributed by atoms with Crippen LogP contribution in [0.4, 0.5) is 9.18 Å². The number of nitrogens with zero attached hydrogens (tertiary/aromatic N) is 2. The maximum absolute atomic E-state index is 14.3. The predicted octanol–water partition coefficient (Wildman–Crippen LogP) is 6.32. The van der Waals surface area contributed by atoms with E-state index in [9.17, 15) is 14.0 Å². The predicted molar refractivity (Wildman–Crippen MR) is 120 cm³/mol. The number of amides is 2. The molecule has 0 unspecified atom stereocenters. The number of benzene rings is 2. The van der Waals surface area contributed by atoms with Gasteiger partial charge >= 0.3 is 0 Å². The van der Waals surface area contributed by atoms with E-state index in [1.54, 1.807) is 18.2 Å². The van der Waals surface area contributed by atoms with Gasteiger partial charge in [-0.15, -0.1) is 0 Å². The van der Waals surface area contributed by atoms with E-state index in [1.807, 2.05) is 42.0 Å². The summed E-state index contributed by atoms with van der Waals surface area (Å²) in [5.41, 5.74) is 2.11. The Labute approximate surface area is 183 Å². The molecule has 1 aromatic heterocycles. The van der Waals surface area contributed by atoms with E-state index in [0.29, 0.717) is 22.0 Å². The second-order valence-corrected chi connectivity index (χ2v) is 8.52. The molecule has 0 atom stereocenters. The Morgan fingerprint density at radius 1 is 1.13 bits per heavy atom. The maximum atomic E-state index is 14.3. The molecule has 0 spiro atoms. The van der Waals surface area contributed by atoms with E-state index in [1.165, 1.54) is 11.0 Å². The number of fused-ring (bicyclic) bond motifs is 1. The molecule has 4 nitrogen and oxygen atoms in total. The minimum absolute atomic E-state index is 0.235. The third kappa shape index (κ3) is 3.89. The van der Waals surface area contributed by atoms with Gasteiger partial charge in [0, 0.05) is 39.8 Å². The van der Waals surface area contributed by atoms with Crippen molar-refractivity contribution in [3.63, 3.8) is 0 Å². The smallest absolute Gasteiger partial charge is 0.293 e. The summed E-state index contributed by atoms with van der Waals surface area (Å²) in [6.45, 7) is 2.72. The van der Waals surface area contributed by atoms with Crippen molar-refractivity contribution in [2.75, 3.05) is 6.54 Å². The molecule has 0 N–H and O–H groups in total. The molecule has 4 rings (SSSR count). The molecule has 154 valence electrons. The summed E-state index contributed by atoms with van der Waals surface area (Å²) in [7, 11) is 0. The van der Waals surface area contributed by atoms with Gasteiger partial charge in [-0.1, -0.05) is 49.2 Å². The number of hydrogen-bond donors (Lipinski definition) is 0. The van der Waals surface area contributed by atoms with E-state index < -0.39 is 0 Å². The van der Waals surface area contributed by atoms with Crippen LogP contribution in [-0.4, -0.2) is 27.2 Å². The van der Waals surface area contributed by atoms with Crippen LogP contribution in [0.5, 0.6) is 0 Å². The molecular weight excluding hydrogens is 423 g/mol. The molecule has 0 saturated carbocycles. The Hall–Kier alpha value is -2.57. The zero-order chi connectivity index (χ0) is 21.3. The molecule has 0 bridgehead atoms. The number of halogens is 2. The summed E-state index contributed by atoms with van der Waals surface area (Å²) >= 11 is 7.17. The Morgan fingerprint density at radius 3 is 2.70 bits per heavy atom. The van der Waals surface area contributed by atoms with E-state index in [0.717, 1.165) is 41.1 Å². The lowest BCUT2D eigenvalue weighted by atomic mass is 10.1. The Bertz CT molecular complexity index is 1150. The van der Waals surface area contributed by atoms with Crippen molar-refractivity contribution >= 4 is 51.5 Å². The molecule has 3 aromatic rings. The lowest BCUT2D eigenvalue weighted by Gasteiger charge is -2.10. The first-order chi connectivity index (χ1) is 14.5. The van der Waals surface area contributed by atoms with Gasteiger partial charge in [0.1, 0.15) is 5.82 Å². The first kappa shape index (κ1) is 20.7. The number of thioether (sulfide) groups is 1. The van der Waals surface area contributed by atoms with Crippen LogP contribution >= 0.6 is 23.4 Å². The minimum Gasteiger partial charge on any atom is -0.342 e. The van der Waals surface area contributed by atoms with Gasteiger partial charge in [-0.3, -0.25) is 14.5 Å². The Balaban J connectivity index is 1.72. The van der Waals surface area contributed by atoms with Crippen LogP contribution in [0.25, 0.3) is 17.0 Å². The van der Waals surface area contributed by atoms with Crippen LogP contribution in [0.1, 0.15) is 30.9 Å². The van der Waals surface area contributed by atoms with E-state index >= 15 is 0 Å². The first-order valence-electron chi connectivity index (χ1n) is 9.75. The van der Waals surface area contributed by atoms with Crippen LogP contribution in [-0.2, 0) is 11.3 Å². The third-order valence-corrected chi connectivity index (χ3v) is 6.37. The molecule has 1 fully saturated rings. The number of carbonyl (C=O) groups excluding carboxylic acids is 2. The van der Waals surface area contributed by atoms with E-state index in [-0.39, 0.29) is 23.5 Å². The topological polar surface area (TPSA) is 42.3 Å². The Morgan fingerprint density at radius 2 is 1.93 bits per heavy atom. The monoisotopic (exact) mass is 442 g/mol. The van der Waals surface area contributed by atoms with E-state index in [2.05, 4.69) is 0 Å². The fourth-order valence-electron chi connectivity index (χ4n) is 3.52. The van der Waals surface area contributed by atoms with Crippen molar-refractivity contribution in [3.05, 3.63) is 75.5 Å². The number of para-hydroxylation sites is 1. The van der Waals surface area contributed by atoms with Crippen molar-refractivity contribution in [1.82, 2.24) is 9.47 Å². The van der Waals surface area contributed by atoms with Gasteiger partial charge in [0.15, 0.2) is 0 Å². The van der Waals surface area contributed by atoms with Crippen molar-refractivity contribution in [1.29, 1.82) is 0 Å². The molecule has 0 radical (unpaired) electrons.